The average Bonchev–Trinajstić information content (AvgIpc) is 3.10. The van der Waals surface area contributed by atoms with E-state index < -0.39 is 0 Å². The number of benzene rings is 1. The third-order valence-electron chi connectivity index (χ3n) is 4.50. The maximum absolute atomic E-state index is 4.69. The van der Waals surface area contributed by atoms with Crippen molar-refractivity contribution in [2.45, 2.75) is 13.5 Å². The quantitative estimate of drug-likeness (QED) is 0.504. The zero-order valence-corrected chi connectivity index (χ0v) is 15.2. The highest BCUT2D eigenvalue weighted by molar-refractivity contribution is 5.79. The molecule has 5 rings (SSSR count). The van der Waals surface area contributed by atoms with Crippen molar-refractivity contribution in [1.82, 2.24) is 25.5 Å². The van der Waals surface area contributed by atoms with E-state index in [2.05, 4.69) is 49.4 Å². The highest BCUT2D eigenvalue weighted by atomic mass is 15.7. The van der Waals surface area contributed by atoms with Gasteiger partial charge in [-0.3, -0.25) is 15.4 Å². The van der Waals surface area contributed by atoms with Gasteiger partial charge in [-0.15, -0.1) is 5.53 Å². The lowest BCUT2D eigenvalue weighted by Gasteiger charge is -2.17. The molecule has 0 spiro atoms. The van der Waals surface area contributed by atoms with Crippen LogP contribution in [0.5, 0.6) is 0 Å². The Labute approximate surface area is 161 Å². The van der Waals surface area contributed by atoms with Gasteiger partial charge in [0.15, 0.2) is 17.5 Å². The van der Waals surface area contributed by atoms with Crippen molar-refractivity contribution in [2.24, 2.45) is 0 Å². The molecule has 1 aliphatic heterocycles. The molecule has 0 bridgehead atoms. The lowest BCUT2D eigenvalue weighted by atomic mass is 10.1. The standard InChI is InChI=1S/C20H18N8/c1-13-6-8-22-17(9-13)24-18-11-23-19-20(25-18)28(27-26-19)12-14-4-5-16-15(10-14)3-2-7-21-16/h2-11,27H,12H2,1H3,(H,23,26)(H,22,24,25). The smallest absolute Gasteiger partial charge is 0.191 e. The van der Waals surface area contributed by atoms with Gasteiger partial charge in [-0.1, -0.05) is 12.1 Å². The van der Waals surface area contributed by atoms with E-state index in [0.717, 1.165) is 33.7 Å². The summed E-state index contributed by atoms with van der Waals surface area (Å²) < 4.78 is 0. The Morgan fingerprint density at radius 3 is 2.89 bits per heavy atom. The Hall–Kier alpha value is -3.78. The van der Waals surface area contributed by atoms with Crippen LogP contribution in [0.4, 0.5) is 23.3 Å². The summed E-state index contributed by atoms with van der Waals surface area (Å²) >= 11 is 0. The number of hydrazine groups is 2. The molecule has 0 saturated carbocycles. The van der Waals surface area contributed by atoms with E-state index in [9.17, 15) is 0 Å². The Morgan fingerprint density at radius 1 is 1.00 bits per heavy atom. The lowest BCUT2D eigenvalue weighted by Crippen LogP contribution is -2.35. The largest absolute Gasteiger partial charge is 0.324 e. The van der Waals surface area contributed by atoms with E-state index in [-0.39, 0.29) is 0 Å². The molecular formula is C20H18N8. The monoisotopic (exact) mass is 370 g/mol. The Balaban J connectivity index is 1.40. The number of rotatable bonds is 4. The van der Waals surface area contributed by atoms with Gasteiger partial charge in [0, 0.05) is 17.8 Å². The van der Waals surface area contributed by atoms with E-state index in [4.69, 9.17) is 4.98 Å². The van der Waals surface area contributed by atoms with Crippen LogP contribution in [-0.2, 0) is 6.54 Å². The van der Waals surface area contributed by atoms with Crippen molar-refractivity contribution < 1.29 is 0 Å². The first kappa shape index (κ1) is 16.4. The fraction of sp³-hybridized carbons (Fsp3) is 0.100. The van der Waals surface area contributed by atoms with Crippen molar-refractivity contribution in [2.75, 3.05) is 15.8 Å². The summed E-state index contributed by atoms with van der Waals surface area (Å²) in [6.07, 6.45) is 5.25. The van der Waals surface area contributed by atoms with Crippen LogP contribution in [0.3, 0.4) is 0 Å². The van der Waals surface area contributed by atoms with Crippen LogP contribution in [0.15, 0.2) is 61.1 Å². The SMILES string of the molecule is Cc1ccnc(Nc2cnc3c(n2)N(Cc2ccc4ncccc4c2)NN3)c1. The summed E-state index contributed by atoms with van der Waals surface area (Å²) in [5, 5.41) is 6.24. The second kappa shape index (κ2) is 6.75. The fourth-order valence-corrected chi connectivity index (χ4v) is 3.15. The number of aryl methyl sites for hydroxylation is 1. The molecule has 0 saturated heterocycles. The van der Waals surface area contributed by atoms with Crippen molar-refractivity contribution in [1.29, 1.82) is 0 Å². The molecule has 0 amide bonds. The summed E-state index contributed by atoms with van der Waals surface area (Å²) in [4.78, 5) is 17.8. The van der Waals surface area contributed by atoms with Gasteiger partial charge < -0.3 is 5.32 Å². The molecule has 0 radical (unpaired) electrons. The van der Waals surface area contributed by atoms with E-state index >= 15 is 0 Å². The molecule has 0 unspecified atom stereocenters. The van der Waals surface area contributed by atoms with Crippen molar-refractivity contribution in [3.05, 3.63) is 72.2 Å². The normalized spacial score (nSPS) is 12.7. The molecule has 8 heteroatoms. The maximum atomic E-state index is 4.69. The van der Waals surface area contributed by atoms with Crippen molar-refractivity contribution >= 4 is 34.2 Å². The molecule has 1 aromatic carbocycles. The van der Waals surface area contributed by atoms with E-state index in [0.29, 0.717) is 18.2 Å². The van der Waals surface area contributed by atoms with Crippen molar-refractivity contribution in [3.63, 3.8) is 0 Å². The first-order chi connectivity index (χ1) is 13.7. The highest BCUT2D eigenvalue weighted by Crippen LogP contribution is 2.28. The van der Waals surface area contributed by atoms with Gasteiger partial charge in [0.25, 0.3) is 0 Å². The van der Waals surface area contributed by atoms with Crippen LogP contribution in [-0.4, -0.2) is 19.9 Å². The zero-order valence-electron chi connectivity index (χ0n) is 15.2. The van der Waals surface area contributed by atoms with Gasteiger partial charge in [-0.25, -0.2) is 15.0 Å². The second-order valence-corrected chi connectivity index (χ2v) is 6.62. The molecule has 3 N–H and O–H groups in total. The molecular weight excluding hydrogens is 352 g/mol. The molecule has 0 atom stereocenters. The minimum atomic E-state index is 0.631. The topological polar surface area (TPSA) is 90.9 Å². The zero-order chi connectivity index (χ0) is 18.9. The summed E-state index contributed by atoms with van der Waals surface area (Å²) in [5.74, 6) is 2.78. The van der Waals surface area contributed by atoms with Crippen LogP contribution in [0, 0.1) is 6.92 Å². The number of fused-ring (bicyclic) bond motifs is 2. The molecule has 138 valence electrons. The van der Waals surface area contributed by atoms with E-state index in [1.807, 2.05) is 36.2 Å². The molecule has 0 aliphatic carbocycles. The molecule has 4 heterocycles. The van der Waals surface area contributed by atoms with Crippen LogP contribution in [0.25, 0.3) is 10.9 Å². The van der Waals surface area contributed by atoms with E-state index in [1.165, 1.54) is 0 Å². The summed E-state index contributed by atoms with van der Waals surface area (Å²) in [6.45, 7) is 2.65. The first-order valence-electron chi connectivity index (χ1n) is 8.94. The van der Waals surface area contributed by atoms with E-state index in [1.54, 1.807) is 18.6 Å². The first-order valence-corrected chi connectivity index (χ1v) is 8.94. The highest BCUT2D eigenvalue weighted by Gasteiger charge is 2.22. The minimum Gasteiger partial charge on any atom is -0.324 e. The Morgan fingerprint density at radius 2 is 1.96 bits per heavy atom. The van der Waals surface area contributed by atoms with Gasteiger partial charge in [-0.2, -0.15) is 0 Å². The second-order valence-electron chi connectivity index (χ2n) is 6.62. The number of nitrogens with zero attached hydrogens (tertiary/aromatic N) is 5. The third kappa shape index (κ3) is 3.17. The van der Waals surface area contributed by atoms with Crippen LogP contribution in [0.2, 0.25) is 0 Å². The summed E-state index contributed by atoms with van der Waals surface area (Å²) in [6, 6.07) is 14.2. The fourth-order valence-electron chi connectivity index (χ4n) is 3.15. The molecule has 8 nitrogen and oxygen atoms in total. The Kier molecular flexibility index (Phi) is 3.95. The Bertz CT molecular complexity index is 1160. The molecule has 0 fully saturated rings. The number of anilines is 4. The number of hydrogen-bond donors (Lipinski definition) is 3. The van der Waals surface area contributed by atoms with Gasteiger partial charge in [0.2, 0.25) is 0 Å². The molecule has 3 aromatic heterocycles. The predicted octanol–water partition coefficient (Wildman–Crippen LogP) is 3.32. The van der Waals surface area contributed by atoms with Gasteiger partial charge in [0.05, 0.1) is 18.3 Å². The van der Waals surface area contributed by atoms with Crippen LogP contribution >= 0.6 is 0 Å². The average molecular weight is 370 g/mol. The number of aromatic nitrogens is 4. The maximum Gasteiger partial charge on any atom is 0.191 e. The van der Waals surface area contributed by atoms with Crippen LogP contribution < -0.4 is 21.3 Å². The van der Waals surface area contributed by atoms with Gasteiger partial charge in [-0.05, 0) is 48.4 Å². The third-order valence-corrected chi connectivity index (χ3v) is 4.50. The summed E-state index contributed by atoms with van der Waals surface area (Å²) in [5.41, 5.74) is 9.42. The molecule has 1 aliphatic rings. The van der Waals surface area contributed by atoms with Gasteiger partial charge in [0.1, 0.15) is 5.82 Å². The minimum absolute atomic E-state index is 0.631. The lowest BCUT2D eigenvalue weighted by molar-refractivity contribution is 0.717. The van der Waals surface area contributed by atoms with Crippen molar-refractivity contribution in [3.8, 4) is 0 Å². The van der Waals surface area contributed by atoms with Crippen LogP contribution in [0.1, 0.15) is 11.1 Å². The molecule has 4 aromatic rings. The number of hydrogen-bond acceptors (Lipinski definition) is 8. The predicted molar refractivity (Wildman–Crippen MR) is 109 cm³/mol. The number of nitrogens with one attached hydrogen (secondary N) is 3. The molecule has 28 heavy (non-hydrogen) atoms. The summed E-state index contributed by atoms with van der Waals surface area (Å²) in [7, 11) is 0. The van der Waals surface area contributed by atoms with Gasteiger partial charge >= 0.3 is 0 Å². The number of pyridine rings is 2.